The molecule has 0 radical (unpaired) electrons. The zero-order valence-corrected chi connectivity index (χ0v) is 23.8. The van der Waals surface area contributed by atoms with Crippen molar-refractivity contribution in [2.45, 2.75) is 64.2 Å². The zero-order valence-electron chi connectivity index (χ0n) is 22.2. The number of rotatable bonds is 16. The van der Waals surface area contributed by atoms with Crippen LogP contribution in [-0.4, -0.2) is 63.3 Å². The predicted octanol–water partition coefficient (Wildman–Crippen LogP) is 1.97. The van der Waals surface area contributed by atoms with Gasteiger partial charge in [0.05, 0.1) is 13.2 Å². The third kappa shape index (κ3) is 9.91. The van der Waals surface area contributed by atoms with Gasteiger partial charge in [-0.15, -0.1) is 6.42 Å². The van der Waals surface area contributed by atoms with Gasteiger partial charge in [0, 0.05) is 17.3 Å². The first-order chi connectivity index (χ1) is 18.9. The summed E-state index contributed by atoms with van der Waals surface area (Å²) in [5.74, 6) is 1.41. The first-order valence-electron chi connectivity index (χ1n) is 12.3. The minimum absolute atomic E-state index is 0.0730. The maximum absolute atomic E-state index is 13.8. The first kappa shape index (κ1) is 33.3. The number of aliphatic hydroxyl groups excluding tert-OH is 2. The number of carbonyl (C=O) groups is 1. The molecule has 0 spiro atoms. The molecule has 1 aromatic heterocycles. The van der Waals surface area contributed by atoms with Gasteiger partial charge in [0.15, 0.2) is 6.23 Å². The lowest BCUT2D eigenvalue weighted by molar-refractivity contribution is -0.151. The SMILES string of the molecule is C#C[C@H](O)[C@@H](COP(=O)(N[C@@H](C)C(=O)OC(CC)CC)Oc1ccc(Cl)cc1)O[C@H](CO)n1ccc(=O)[nH]c1=O. The molecule has 13 nitrogen and oxygen atoms in total. The number of benzene rings is 1. The topological polar surface area (TPSA) is 178 Å². The number of H-pyrrole nitrogens is 1. The summed E-state index contributed by atoms with van der Waals surface area (Å²) in [6.45, 7) is 3.66. The number of aromatic amines is 1. The summed E-state index contributed by atoms with van der Waals surface area (Å²) < 4.78 is 36.8. The average molecular weight is 602 g/mol. The van der Waals surface area contributed by atoms with Crippen molar-refractivity contribution in [1.29, 1.82) is 0 Å². The summed E-state index contributed by atoms with van der Waals surface area (Å²) >= 11 is 5.91. The van der Waals surface area contributed by atoms with E-state index in [1.165, 1.54) is 31.2 Å². The summed E-state index contributed by atoms with van der Waals surface area (Å²) in [5.41, 5.74) is -1.57. The van der Waals surface area contributed by atoms with Crippen LogP contribution in [0.4, 0.5) is 0 Å². The standard InChI is InChI=1S/C25H33ClN3O10P/c1-5-18(6-2)37-24(33)16(4)28-40(35,39-19-10-8-17(26)9-11-19)36-15-21(20(31)7-3)38-23(14-30)29-13-12-22(32)27-25(29)34/h3,8-13,16,18,20-21,23,30-31H,5-6,14-15H2,1-2,4H3,(H,28,35)(H,27,32,34)/t16-,20-,21+,23+,40?/m0/s1. The lowest BCUT2D eigenvalue weighted by atomic mass is 10.2. The number of aromatic nitrogens is 2. The van der Waals surface area contributed by atoms with Gasteiger partial charge in [-0.2, -0.15) is 5.09 Å². The molecule has 0 amide bonds. The normalized spacial score (nSPS) is 15.8. The van der Waals surface area contributed by atoms with Crippen LogP contribution >= 0.6 is 19.3 Å². The molecule has 2 aromatic rings. The minimum Gasteiger partial charge on any atom is -0.461 e. The second-order valence-corrected chi connectivity index (χ2v) is 10.6. The van der Waals surface area contributed by atoms with Crippen LogP contribution in [0.15, 0.2) is 46.1 Å². The van der Waals surface area contributed by atoms with Crippen LogP contribution in [0.5, 0.6) is 5.75 Å². The Hall–Kier alpha value is -2.95. The maximum atomic E-state index is 13.8. The highest BCUT2D eigenvalue weighted by Gasteiger charge is 2.35. The summed E-state index contributed by atoms with van der Waals surface area (Å²) in [5, 5.41) is 23.1. The first-order valence-corrected chi connectivity index (χ1v) is 14.3. The number of esters is 1. The van der Waals surface area contributed by atoms with E-state index in [9.17, 15) is 29.2 Å². The Kier molecular flexibility index (Phi) is 13.1. The Morgan fingerprint density at radius 3 is 2.42 bits per heavy atom. The molecular formula is C25H33ClN3O10P. The van der Waals surface area contributed by atoms with Crippen molar-refractivity contribution in [3.63, 3.8) is 0 Å². The van der Waals surface area contributed by atoms with E-state index in [0.29, 0.717) is 17.9 Å². The average Bonchev–Trinajstić information content (AvgIpc) is 2.93. The number of ether oxygens (including phenoxy) is 2. The molecule has 15 heteroatoms. The van der Waals surface area contributed by atoms with Crippen LogP contribution in [0.3, 0.4) is 0 Å². The highest BCUT2D eigenvalue weighted by atomic mass is 35.5. The third-order valence-corrected chi connectivity index (χ3v) is 7.41. The van der Waals surface area contributed by atoms with Crippen LogP contribution in [0, 0.1) is 12.3 Å². The Bertz CT molecular complexity index is 1310. The number of aliphatic hydroxyl groups is 2. The molecule has 0 saturated carbocycles. The van der Waals surface area contributed by atoms with Gasteiger partial charge in [0.1, 0.15) is 30.1 Å². The number of carbonyl (C=O) groups excluding carboxylic acids is 1. The van der Waals surface area contributed by atoms with Gasteiger partial charge in [-0.05, 0) is 44.0 Å². The molecule has 40 heavy (non-hydrogen) atoms. The van der Waals surface area contributed by atoms with Crippen LogP contribution in [-0.2, 0) is 23.4 Å². The molecule has 0 aliphatic heterocycles. The quantitative estimate of drug-likeness (QED) is 0.126. The van der Waals surface area contributed by atoms with Crippen LogP contribution in [0.25, 0.3) is 0 Å². The van der Waals surface area contributed by atoms with E-state index in [2.05, 4.69) is 5.09 Å². The molecule has 1 unspecified atom stereocenters. The van der Waals surface area contributed by atoms with E-state index in [4.69, 9.17) is 36.5 Å². The molecule has 1 heterocycles. The molecular weight excluding hydrogens is 569 g/mol. The second kappa shape index (κ2) is 15.7. The van der Waals surface area contributed by atoms with E-state index >= 15 is 0 Å². The lowest BCUT2D eigenvalue weighted by Crippen LogP contribution is -2.41. The summed E-state index contributed by atoms with van der Waals surface area (Å²) in [4.78, 5) is 38.2. The fraction of sp³-hybridized carbons (Fsp3) is 0.480. The minimum atomic E-state index is -4.40. The fourth-order valence-electron chi connectivity index (χ4n) is 3.27. The largest absolute Gasteiger partial charge is 0.461 e. The number of halogens is 1. The number of hydrogen-bond acceptors (Lipinski definition) is 10. The highest BCUT2D eigenvalue weighted by Crippen LogP contribution is 2.45. The van der Waals surface area contributed by atoms with Crippen molar-refractivity contribution >= 4 is 25.3 Å². The summed E-state index contributed by atoms with van der Waals surface area (Å²) in [6, 6.07) is 5.67. The molecule has 0 bridgehead atoms. The smallest absolute Gasteiger partial charge is 0.459 e. The van der Waals surface area contributed by atoms with Crippen LogP contribution < -0.4 is 20.9 Å². The number of terminal acetylenes is 1. The Morgan fingerprint density at radius 2 is 1.88 bits per heavy atom. The van der Waals surface area contributed by atoms with Crippen molar-refractivity contribution in [1.82, 2.24) is 14.6 Å². The number of nitrogens with zero attached hydrogens (tertiary/aromatic N) is 1. The van der Waals surface area contributed by atoms with Gasteiger partial charge in [0.2, 0.25) is 0 Å². The number of nitrogens with one attached hydrogen (secondary N) is 2. The fourth-order valence-corrected chi connectivity index (χ4v) is 4.90. The van der Waals surface area contributed by atoms with Crippen molar-refractivity contribution in [3.8, 4) is 18.1 Å². The van der Waals surface area contributed by atoms with E-state index in [-0.39, 0.29) is 11.9 Å². The molecule has 0 saturated heterocycles. The Balaban J connectivity index is 2.30. The Labute approximate surface area is 236 Å². The van der Waals surface area contributed by atoms with E-state index < -0.39 is 62.7 Å². The Morgan fingerprint density at radius 1 is 1.23 bits per heavy atom. The molecule has 0 aliphatic rings. The van der Waals surface area contributed by atoms with E-state index in [1.807, 2.05) is 24.8 Å². The third-order valence-electron chi connectivity index (χ3n) is 5.52. The molecule has 0 aliphatic carbocycles. The lowest BCUT2D eigenvalue weighted by Gasteiger charge is -2.28. The molecule has 220 valence electrons. The van der Waals surface area contributed by atoms with Gasteiger partial charge < -0.3 is 24.2 Å². The second-order valence-electron chi connectivity index (χ2n) is 8.51. The predicted molar refractivity (Wildman–Crippen MR) is 146 cm³/mol. The van der Waals surface area contributed by atoms with E-state index in [1.54, 1.807) is 0 Å². The maximum Gasteiger partial charge on any atom is 0.459 e. The van der Waals surface area contributed by atoms with Gasteiger partial charge in [-0.25, -0.2) is 9.36 Å². The molecule has 5 atom stereocenters. The molecule has 2 rings (SSSR count). The zero-order chi connectivity index (χ0) is 29.9. The van der Waals surface area contributed by atoms with Gasteiger partial charge in [0.25, 0.3) is 5.56 Å². The van der Waals surface area contributed by atoms with Crippen molar-refractivity contribution in [2.75, 3.05) is 13.2 Å². The van der Waals surface area contributed by atoms with Gasteiger partial charge >= 0.3 is 19.4 Å². The van der Waals surface area contributed by atoms with Crippen LogP contribution in [0.2, 0.25) is 5.02 Å². The summed E-state index contributed by atoms with van der Waals surface area (Å²) in [7, 11) is -4.40. The molecule has 1 aromatic carbocycles. The summed E-state index contributed by atoms with van der Waals surface area (Å²) in [6.07, 6.45) is 2.70. The van der Waals surface area contributed by atoms with Gasteiger partial charge in [-0.3, -0.25) is 23.7 Å². The van der Waals surface area contributed by atoms with Crippen molar-refractivity contribution in [2.24, 2.45) is 0 Å². The highest BCUT2D eigenvalue weighted by molar-refractivity contribution is 7.52. The monoisotopic (exact) mass is 601 g/mol. The van der Waals surface area contributed by atoms with Crippen molar-refractivity contribution in [3.05, 3.63) is 62.4 Å². The van der Waals surface area contributed by atoms with Crippen LogP contribution in [0.1, 0.15) is 39.8 Å². The van der Waals surface area contributed by atoms with Crippen molar-refractivity contribution < 1.29 is 38.1 Å². The van der Waals surface area contributed by atoms with E-state index in [0.717, 1.165) is 16.8 Å². The van der Waals surface area contributed by atoms with Gasteiger partial charge in [-0.1, -0.05) is 31.4 Å². The molecule has 4 N–H and O–H groups in total. The number of hydrogen-bond donors (Lipinski definition) is 4. The molecule has 0 fully saturated rings.